The molecule has 2 heteroatoms. The lowest BCUT2D eigenvalue weighted by Crippen LogP contribution is -2.20. The van der Waals surface area contributed by atoms with Gasteiger partial charge in [-0.25, -0.2) is 0 Å². The third-order valence-electron chi connectivity index (χ3n) is 2.61. The molecule has 2 nitrogen and oxygen atoms in total. The molecule has 0 atom stereocenters. The predicted molar refractivity (Wildman–Crippen MR) is 64.3 cm³/mol. The molecule has 0 amide bonds. The molecule has 1 N–H and O–H groups in total. The van der Waals surface area contributed by atoms with Gasteiger partial charge in [-0.2, -0.15) is 0 Å². The van der Waals surface area contributed by atoms with Crippen LogP contribution in [0.2, 0.25) is 0 Å². The Morgan fingerprint density at radius 1 is 1.07 bits per heavy atom. The van der Waals surface area contributed by atoms with Gasteiger partial charge in [0.25, 0.3) is 0 Å². The summed E-state index contributed by atoms with van der Waals surface area (Å²) in [6.45, 7) is 0.849. The molecule has 2 aromatic carbocycles. The van der Waals surface area contributed by atoms with E-state index in [0.29, 0.717) is 6.54 Å². The van der Waals surface area contributed by atoms with Gasteiger partial charge >= 0.3 is 0 Å². The molecule has 2 aromatic rings. The van der Waals surface area contributed by atoms with E-state index in [9.17, 15) is 0 Å². The fraction of sp³-hybridized carbons (Fsp3) is 0.231. The minimum Gasteiger partial charge on any atom is -0.395 e. The largest absolute Gasteiger partial charge is 0.395 e. The van der Waals surface area contributed by atoms with Crippen molar-refractivity contribution >= 4 is 16.5 Å². The van der Waals surface area contributed by atoms with E-state index in [1.165, 1.54) is 10.8 Å². The van der Waals surface area contributed by atoms with E-state index in [0.717, 1.165) is 5.69 Å². The Balaban J connectivity index is 2.38. The van der Waals surface area contributed by atoms with E-state index in [2.05, 4.69) is 30.3 Å². The summed E-state index contributed by atoms with van der Waals surface area (Å²) in [7, 11) is 1.99. The lowest BCUT2D eigenvalue weighted by Gasteiger charge is -2.18. The molecule has 0 aliphatic heterocycles. The van der Waals surface area contributed by atoms with Crippen molar-refractivity contribution in [1.29, 1.82) is 0 Å². The fourth-order valence-electron chi connectivity index (χ4n) is 1.69. The van der Waals surface area contributed by atoms with Crippen LogP contribution in [0.4, 0.5) is 5.69 Å². The molecule has 0 bridgehead atoms. The zero-order valence-electron chi connectivity index (χ0n) is 8.85. The highest BCUT2D eigenvalue weighted by Gasteiger charge is 2.00. The van der Waals surface area contributed by atoms with Crippen LogP contribution in [0.3, 0.4) is 0 Å². The standard InChI is InChI=1S/C13H15NO/c1-14(8-9-15)13-7-6-11-4-2-3-5-12(11)10-13/h2-7,10,15H,8-9H2,1H3. The van der Waals surface area contributed by atoms with E-state index in [1.54, 1.807) is 0 Å². The Hall–Kier alpha value is -1.54. The second kappa shape index (κ2) is 4.32. The molecule has 0 saturated carbocycles. The van der Waals surface area contributed by atoms with Gasteiger partial charge in [0, 0.05) is 19.3 Å². The number of nitrogens with zero attached hydrogens (tertiary/aromatic N) is 1. The zero-order chi connectivity index (χ0) is 10.7. The van der Waals surface area contributed by atoms with Crippen molar-refractivity contribution in [2.45, 2.75) is 0 Å². The van der Waals surface area contributed by atoms with Crippen molar-refractivity contribution < 1.29 is 5.11 Å². The highest BCUT2D eigenvalue weighted by Crippen LogP contribution is 2.20. The maximum atomic E-state index is 8.87. The molecule has 0 saturated heterocycles. The van der Waals surface area contributed by atoms with Crippen molar-refractivity contribution in [3.05, 3.63) is 42.5 Å². The van der Waals surface area contributed by atoms with Gasteiger partial charge in [-0.05, 0) is 22.9 Å². The van der Waals surface area contributed by atoms with Crippen LogP contribution in [0.1, 0.15) is 0 Å². The lowest BCUT2D eigenvalue weighted by atomic mass is 10.1. The summed E-state index contributed by atoms with van der Waals surface area (Å²) in [5.41, 5.74) is 1.14. The van der Waals surface area contributed by atoms with Gasteiger partial charge in [0.2, 0.25) is 0 Å². The molecule has 0 radical (unpaired) electrons. The summed E-state index contributed by atoms with van der Waals surface area (Å²) < 4.78 is 0. The minimum absolute atomic E-state index is 0.184. The average molecular weight is 201 g/mol. The van der Waals surface area contributed by atoms with Gasteiger partial charge in [-0.1, -0.05) is 30.3 Å². The number of hydrogen-bond donors (Lipinski definition) is 1. The van der Waals surface area contributed by atoms with Crippen molar-refractivity contribution in [3.63, 3.8) is 0 Å². The Kier molecular flexibility index (Phi) is 2.88. The first kappa shape index (κ1) is 9.99. The van der Waals surface area contributed by atoms with Gasteiger partial charge in [0.15, 0.2) is 0 Å². The van der Waals surface area contributed by atoms with E-state index >= 15 is 0 Å². The van der Waals surface area contributed by atoms with Crippen molar-refractivity contribution in [3.8, 4) is 0 Å². The number of benzene rings is 2. The molecule has 0 aromatic heterocycles. The first-order valence-electron chi connectivity index (χ1n) is 5.12. The van der Waals surface area contributed by atoms with Gasteiger partial charge in [0.1, 0.15) is 0 Å². The first-order valence-corrected chi connectivity index (χ1v) is 5.12. The van der Waals surface area contributed by atoms with Gasteiger partial charge < -0.3 is 10.0 Å². The lowest BCUT2D eigenvalue weighted by molar-refractivity contribution is 0.304. The number of anilines is 1. The maximum absolute atomic E-state index is 8.87. The van der Waals surface area contributed by atoms with E-state index in [-0.39, 0.29) is 6.61 Å². The zero-order valence-corrected chi connectivity index (χ0v) is 8.85. The molecule has 0 heterocycles. The summed E-state index contributed by atoms with van der Waals surface area (Å²) in [4.78, 5) is 2.05. The average Bonchev–Trinajstić information content (AvgIpc) is 2.29. The summed E-state index contributed by atoms with van der Waals surface area (Å²) in [6, 6.07) is 14.6. The van der Waals surface area contributed by atoms with Gasteiger partial charge in [-0.3, -0.25) is 0 Å². The molecule has 0 aliphatic rings. The number of aliphatic hydroxyl groups excluding tert-OH is 1. The van der Waals surface area contributed by atoms with Gasteiger partial charge in [-0.15, -0.1) is 0 Å². The highest BCUT2D eigenvalue weighted by molar-refractivity contribution is 5.85. The van der Waals surface area contributed by atoms with Crippen LogP contribution in [0, 0.1) is 0 Å². The Morgan fingerprint density at radius 3 is 2.53 bits per heavy atom. The Labute approximate surface area is 89.8 Å². The minimum atomic E-state index is 0.184. The number of aliphatic hydroxyl groups is 1. The highest BCUT2D eigenvalue weighted by atomic mass is 16.3. The van der Waals surface area contributed by atoms with Crippen LogP contribution in [-0.2, 0) is 0 Å². The van der Waals surface area contributed by atoms with Crippen molar-refractivity contribution in [1.82, 2.24) is 0 Å². The topological polar surface area (TPSA) is 23.5 Å². The van der Waals surface area contributed by atoms with Crippen LogP contribution in [-0.4, -0.2) is 25.3 Å². The fourth-order valence-corrected chi connectivity index (χ4v) is 1.69. The molecular weight excluding hydrogens is 186 g/mol. The van der Waals surface area contributed by atoms with Crippen LogP contribution >= 0.6 is 0 Å². The third-order valence-corrected chi connectivity index (χ3v) is 2.61. The third kappa shape index (κ3) is 2.10. The Morgan fingerprint density at radius 2 is 1.80 bits per heavy atom. The number of hydrogen-bond acceptors (Lipinski definition) is 2. The van der Waals surface area contributed by atoms with Crippen LogP contribution in [0.5, 0.6) is 0 Å². The summed E-state index contributed by atoms with van der Waals surface area (Å²) in [5, 5.41) is 11.4. The van der Waals surface area contributed by atoms with E-state index in [4.69, 9.17) is 5.11 Å². The van der Waals surface area contributed by atoms with Crippen molar-refractivity contribution in [2.75, 3.05) is 25.1 Å². The van der Waals surface area contributed by atoms with E-state index in [1.807, 2.05) is 24.1 Å². The van der Waals surface area contributed by atoms with Crippen molar-refractivity contribution in [2.24, 2.45) is 0 Å². The molecule has 2 rings (SSSR count). The molecular formula is C13H15NO. The smallest absolute Gasteiger partial charge is 0.0606 e. The normalized spacial score (nSPS) is 10.5. The summed E-state index contributed by atoms with van der Waals surface area (Å²) in [5.74, 6) is 0. The number of likely N-dealkylation sites (N-methyl/N-ethyl adjacent to an activating group) is 1. The molecule has 0 aliphatic carbocycles. The SMILES string of the molecule is CN(CCO)c1ccc2ccccc2c1. The Bertz CT molecular complexity index is 453. The number of rotatable bonds is 3. The van der Waals surface area contributed by atoms with Crippen LogP contribution < -0.4 is 4.90 Å². The molecule has 0 fully saturated rings. The van der Waals surface area contributed by atoms with E-state index < -0.39 is 0 Å². The summed E-state index contributed by atoms with van der Waals surface area (Å²) in [6.07, 6.45) is 0. The monoisotopic (exact) mass is 201 g/mol. The molecule has 78 valence electrons. The van der Waals surface area contributed by atoms with Crippen LogP contribution in [0.15, 0.2) is 42.5 Å². The van der Waals surface area contributed by atoms with Crippen LogP contribution in [0.25, 0.3) is 10.8 Å². The maximum Gasteiger partial charge on any atom is 0.0606 e. The number of fused-ring (bicyclic) bond motifs is 1. The van der Waals surface area contributed by atoms with Gasteiger partial charge in [0.05, 0.1) is 6.61 Å². The first-order chi connectivity index (χ1) is 7.31. The summed E-state index contributed by atoms with van der Waals surface area (Å²) >= 11 is 0. The second-order valence-electron chi connectivity index (χ2n) is 3.68. The molecule has 0 unspecified atom stereocenters. The quantitative estimate of drug-likeness (QED) is 0.823. The predicted octanol–water partition coefficient (Wildman–Crippen LogP) is 2.27. The molecule has 0 spiro atoms. The second-order valence-corrected chi connectivity index (χ2v) is 3.68. The molecule has 15 heavy (non-hydrogen) atoms.